The van der Waals surface area contributed by atoms with Crippen molar-refractivity contribution in [2.24, 2.45) is 5.92 Å². The summed E-state index contributed by atoms with van der Waals surface area (Å²) in [7, 11) is 0. The van der Waals surface area contributed by atoms with Gasteiger partial charge in [0, 0.05) is 17.2 Å². The Balaban J connectivity index is 1.67. The maximum Gasteiger partial charge on any atom is 0.135 e. The minimum absolute atomic E-state index is 0.338. The van der Waals surface area contributed by atoms with Crippen LogP contribution in [-0.2, 0) is 4.79 Å². The molecule has 1 aliphatic rings. The lowest BCUT2D eigenvalue weighted by molar-refractivity contribution is -0.124. The number of benzene rings is 1. The van der Waals surface area contributed by atoms with Crippen LogP contribution in [0.1, 0.15) is 38.5 Å². The number of carbonyl (C=O) groups is 1. The lowest BCUT2D eigenvalue weighted by Crippen LogP contribution is -2.18. The summed E-state index contributed by atoms with van der Waals surface area (Å²) >= 11 is 1.74. The topological polar surface area (TPSA) is 17.1 Å². The number of carbonyl (C=O) groups excluding carboxylic acids is 1. The second kappa shape index (κ2) is 7.42. The third-order valence-electron chi connectivity index (χ3n) is 3.41. The van der Waals surface area contributed by atoms with Gasteiger partial charge < -0.3 is 0 Å². The van der Waals surface area contributed by atoms with Crippen LogP contribution in [0.15, 0.2) is 46.7 Å². The second-order valence-electron chi connectivity index (χ2n) is 4.79. The lowest BCUT2D eigenvalue weighted by atomic mass is 9.85. The van der Waals surface area contributed by atoms with Gasteiger partial charge in [-0.25, -0.2) is 0 Å². The van der Waals surface area contributed by atoms with Crippen LogP contribution in [0.2, 0.25) is 0 Å². The van der Waals surface area contributed by atoms with Crippen LogP contribution in [0.5, 0.6) is 0 Å². The highest BCUT2D eigenvalue weighted by Crippen LogP contribution is 2.25. The Morgan fingerprint density at radius 1 is 1.22 bits per heavy atom. The first-order valence-corrected chi connectivity index (χ1v) is 7.63. The molecule has 0 amide bonds. The number of hydrogen-bond acceptors (Lipinski definition) is 2. The Morgan fingerprint density at radius 2 is 2.06 bits per heavy atom. The minimum atomic E-state index is 0.338. The van der Waals surface area contributed by atoms with Crippen molar-refractivity contribution in [1.29, 1.82) is 0 Å². The second-order valence-corrected chi connectivity index (χ2v) is 5.77. The highest BCUT2D eigenvalue weighted by Gasteiger charge is 2.20. The van der Waals surface area contributed by atoms with Crippen LogP contribution in [0.4, 0.5) is 0 Å². The van der Waals surface area contributed by atoms with E-state index in [1.807, 2.05) is 6.07 Å². The average Bonchev–Trinajstić information content (AvgIpc) is 2.42. The first-order valence-electron chi connectivity index (χ1n) is 6.75. The molecule has 0 N–H and O–H groups in total. The van der Waals surface area contributed by atoms with Gasteiger partial charge in [0.05, 0.1) is 0 Å². The molecule has 2 rings (SSSR count). The van der Waals surface area contributed by atoms with Crippen LogP contribution in [0.3, 0.4) is 0 Å². The molecule has 1 fully saturated rings. The fourth-order valence-electron chi connectivity index (χ4n) is 2.35. The van der Waals surface area contributed by atoms with E-state index in [-0.39, 0.29) is 0 Å². The number of rotatable bonds is 5. The van der Waals surface area contributed by atoms with Crippen molar-refractivity contribution in [3.8, 4) is 0 Å². The van der Waals surface area contributed by atoms with Crippen LogP contribution >= 0.6 is 11.8 Å². The molecule has 1 aromatic carbocycles. The zero-order valence-electron chi connectivity index (χ0n) is 10.7. The maximum absolute atomic E-state index is 11.7. The summed E-state index contributed by atoms with van der Waals surface area (Å²) in [4.78, 5) is 12.9. The summed E-state index contributed by atoms with van der Waals surface area (Å²) < 4.78 is 0. The molecule has 0 aromatic heterocycles. The summed E-state index contributed by atoms with van der Waals surface area (Å²) in [6, 6.07) is 10.4. The molecular weight excluding hydrogens is 240 g/mol. The van der Waals surface area contributed by atoms with Gasteiger partial charge in [-0.1, -0.05) is 42.5 Å². The minimum Gasteiger partial charge on any atom is -0.299 e. The maximum atomic E-state index is 11.7. The number of allylic oxidation sites excluding steroid dienone is 1. The van der Waals surface area contributed by atoms with Gasteiger partial charge >= 0.3 is 0 Å². The summed E-state index contributed by atoms with van der Waals surface area (Å²) in [5.41, 5.74) is 0. The zero-order valence-corrected chi connectivity index (χ0v) is 11.5. The summed E-state index contributed by atoms with van der Waals surface area (Å²) in [5, 5.41) is 2.14. The molecule has 1 unspecified atom stereocenters. The van der Waals surface area contributed by atoms with E-state index >= 15 is 0 Å². The summed E-state index contributed by atoms with van der Waals surface area (Å²) in [6.07, 6.45) is 8.51. The van der Waals surface area contributed by atoms with E-state index in [4.69, 9.17) is 0 Å². The van der Waals surface area contributed by atoms with E-state index in [2.05, 4.69) is 35.7 Å². The fourth-order valence-corrected chi connectivity index (χ4v) is 3.06. The number of hydrogen-bond donors (Lipinski definition) is 0. The molecule has 1 nitrogen and oxygen atoms in total. The molecule has 96 valence electrons. The molecule has 0 aliphatic heterocycles. The predicted octanol–water partition coefficient (Wildman–Crippen LogP) is 4.83. The van der Waals surface area contributed by atoms with E-state index in [1.165, 1.54) is 11.3 Å². The van der Waals surface area contributed by atoms with Crippen molar-refractivity contribution in [3.05, 3.63) is 41.8 Å². The van der Waals surface area contributed by atoms with Crippen LogP contribution in [-0.4, -0.2) is 5.78 Å². The molecule has 0 bridgehead atoms. The lowest BCUT2D eigenvalue weighted by Gasteiger charge is -2.19. The van der Waals surface area contributed by atoms with E-state index < -0.39 is 0 Å². The van der Waals surface area contributed by atoms with E-state index in [0.29, 0.717) is 11.7 Å². The SMILES string of the molecule is O=C1CCCCC1CC/C=C/Sc1ccccc1. The summed E-state index contributed by atoms with van der Waals surface area (Å²) in [5.74, 6) is 0.829. The van der Waals surface area contributed by atoms with Gasteiger partial charge in [0.15, 0.2) is 0 Å². The van der Waals surface area contributed by atoms with Crippen molar-refractivity contribution in [3.63, 3.8) is 0 Å². The molecule has 1 aliphatic carbocycles. The number of ketones is 1. The van der Waals surface area contributed by atoms with Crippen LogP contribution < -0.4 is 0 Å². The molecule has 1 saturated carbocycles. The highest BCUT2D eigenvalue weighted by molar-refractivity contribution is 8.02. The smallest absolute Gasteiger partial charge is 0.135 e. The Labute approximate surface area is 114 Å². The molecule has 1 aromatic rings. The molecular formula is C16H20OS. The quantitative estimate of drug-likeness (QED) is 0.705. The molecule has 18 heavy (non-hydrogen) atoms. The van der Waals surface area contributed by atoms with Gasteiger partial charge in [-0.3, -0.25) is 4.79 Å². The van der Waals surface area contributed by atoms with Gasteiger partial charge in [-0.05, 0) is 43.2 Å². The number of Topliss-reactive ketones (excluding diaryl/α,β-unsaturated/α-hetero) is 1. The number of thioether (sulfide) groups is 1. The first-order chi connectivity index (χ1) is 8.86. The Morgan fingerprint density at radius 3 is 2.83 bits per heavy atom. The summed E-state index contributed by atoms with van der Waals surface area (Å²) in [6.45, 7) is 0. The van der Waals surface area contributed by atoms with Crippen molar-refractivity contribution < 1.29 is 4.79 Å². The van der Waals surface area contributed by atoms with Gasteiger partial charge in [-0.2, -0.15) is 0 Å². The third-order valence-corrected chi connectivity index (χ3v) is 4.28. The molecule has 0 saturated heterocycles. The Kier molecular flexibility index (Phi) is 5.53. The van der Waals surface area contributed by atoms with E-state index in [0.717, 1.165) is 32.1 Å². The Bertz CT molecular complexity index is 397. The van der Waals surface area contributed by atoms with Crippen molar-refractivity contribution in [2.75, 3.05) is 0 Å². The molecule has 0 radical (unpaired) electrons. The zero-order chi connectivity index (χ0) is 12.6. The van der Waals surface area contributed by atoms with Gasteiger partial charge in [0.25, 0.3) is 0 Å². The van der Waals surface area contributed by atoms with E-state index in [9.17, 15) is 4.79 Å². The fraction of sp³-hybridized carbons (Fsp3) is 0.438. The van der Waals surface area contributed by atoms with Gasteiger partial charge in [0.1, 0.15) is 5.78 Å². The highest BCUT2D eigenvalue weighted by atomic mass is 32.2. The normalized spacial score (nSPS) is 20.4. The van der Waals surface area contributed by atoms with Gasteiger partial charge in [0.2, 0.25) is 0 Å². The van der Waals surface area contributed by atoms with Crippen molar-refractivity contribution >= 4 is 17.5 Å². The van der Waals surface area contributed by atoms with E-state index in [1.54, 1.807) is 11.8 Å². The molecule has 2 heteroatoms. The largest absolute Gasteiger partial charge is 0.299 e. The van der Waals surface area contributed by atoms with Crippen LogP contribution in [0, 0.1) is 5.92 Å². The van der Waals surface area contributed by atoms with Crippen LogP contribution in [0.25, 0.3) is 0 Å². The monoisotopic (exact) mass is 260 g/mol. The van der Waals surface area contributed by atoms with Crippen molar-refractivity contribution in [1.82, 2.24) is 0 Å². The molecule has 0 spiro atoms. The average molecular weight is 260 g/mol. The molecule has 1 atom stereocenters. The third kappa shape index (κ3) is 4.34. The van der Waals surface area contributed by atoms with Gasteiger partial charge in [-0.15, -0.1) is 0 Å². The molecule has 0 heterocycles. The standard InChI is InChI=1S/C16H20OS/c17-16-12-5-4-8-14(16)9-6-7-13-18-15-10-2-1-3-11-15/h1-3,7,10-11,13-14H,4-6,8-9,12H2/b13-7+. The Hall–Kier alpha value is -1.02. The first kappa shape index (κ1) is 13.4. The predicted molar refractivity (Wildman–Crippen MR) is 77.6 cm³/mol. The van der Waals surface area contributed by atoms with Crippen molar-refractivity contribution in [2.45, 2.75) is 43.4 Å².